The summed E-state index contributed by atoms with van der Waals surface area (Å²) in [5.41, 5.74) is 0. The molecule has 0 radical (unpaired) electrons. The summed E-state index contributed by atoms with van der Waals surface area (Å²) in [7, 11) is -3.45. The molecule has 1 N–H and O–H groups in total. The third kappa shape index (κ3) is 3.80. The van der Waals surface area contributed by atoms with Gasteiger partial charge in [0.1, 0.15) is 0 Å². The highest BCUT2D eigenvalue weighted by Crippen LogP contribution is 2.34. The topological polar surface area (TPSA) is 58.6 Å². The fourth-order valence-corrected chi connectivity index (χ4v) is 5.60. The standard InChI is InChI=1S/C18H22N2O3S2/c21-25(22,16-6-2-1-3-7-16)19-9-14-13-23-18-12-20(11-17(14)18)10-15-5-4-8-24-15/h1-8,14,17-19H,9-13H2/t14-,17+,18+/m0/s1. The van der Waals surface area contributed by atoms with Crippen LogP contribution in [-0.4, -0.2) is 45.7 Å². The van der Waals surface area contributed by atoms with Crippen LogP contribution in [0.4, 0.5) is 0 Å². The van der Waals surface area contributed by atoms with E-state index in [1.54, 1.807) is 35.6 Å². The maximum Gasteiger partial charge on any atom is 0.240 e. The zero-order valence-corrected chi connectivity index (χ0v) is 15.5. The quantitative estimate of drug-likeness (QED) is 0.837. The molecule has 0 unspecified atom stereocenters. The van der Waals surface area contributed by atoms with Crippen LogP contribution in [0.5, 0.6) is 0 Å². The minimum absolute atomic E-state index is 0.228. The van der Waals surface area contributed by atoms with Gasteiger partial charge < -0.3 is 4.74 Å². The molecule has 0 amide bonds. The SMILES string of the molecule is O=S(=O)(NC[C@H]1CO[C@@H]2CN(Cc3cccs3)C[C@H]12)c1ccccc1. The van der Waals surface area contributed by atoms with Crippen LogP contribution in [0.1, 0.15) is 4.88 Å². The zero-order valence-electron chi connectivity index (χ0n) is 13.9. The van der Waals surface area contributed by atoms with E-state index in [-0.39, 0.29) is 12.0 Å². The Labute approximate surface area is 152 Å². The highest BCUT2D eigenvalue weighted by Gasteiger charge is 2.43. The van der Waals surface area contributed by atoms with E-state index >= 15 is 0 Å². The lowest BCUT2D eigenvalue weighted by Crippen LogP contribution is -2.34. The second-order valence-electron chi connectivity index (χ2n) is 6.73. The minimum atomic E-state index is -3.45. The van der Waals surface area contributed by atoms with Gasteiger partial charge in [0.15, 0.2) is 0 Å². The first-order chi connectivity index (χ1) is 12.1. The van der Waals surface area contributed by atoms with Crippen LogP contribution in [0.3, 0.4) is 0 Å². The van der Waals surface area contributed by atoms with Crippen molar-refractivity contribution in [2.75, 3.05) is 26.2 Å². The maximum atomic E-state index is 12.4. The van der Waals surface area contributed by atoms with Crippen LogP contribution in [0.2, 0.25) is 0 Å². The molecule has 0 bridgehead atoms. The van der Waals surface area contributed by atoms with Gasteiger partial charge in [0.05, 0.1) is 17.6 Å². The Balaban J connectivity index is 1.35. The summed E-state index contributed by atoms with van der Waals surface area (Å²) in [5, 5.41) is 2.10. The van der Waals surface area contributed by atoms with Crippen LogP contribution in [-0.2, 0) is 21.3 Å². The number of hydrogen-bond acceptors (Lipinski definition) is 5. The van der Waals surface area contributed by atoms with E-state index in [9.17, 15) is 8.42 Å². The highest BCUT2D eigenvalue weighted by atomic mass is 32.2. The first-order valence-electron chi connectivity index (χ1n) is 8.53. The van der Waals surface area contributed by atoms with E-state index in [1.165, 1.54) is 4.88 Å². The molecule has 7 heteroatoms. The number of fused-ring (bicyclic) bond motifs is 1. The first kappa shape index (κ1) is 17.2. The molecule has 0 spiro atoms. The smallest absolute Gasteiger partial charge is 0.240 e. The highest BCUT2D eigenvalue weighted by molar-refractivity contribution is 7.89. The van der Waals surface area contributed by atoms with Gasteiger partial charge in [0.25, 0.3) is 0 Å². The molecule has 3 heterocycles. The molecule has 134 valence electrons. The van der Waals surface area contributed by atoms with Gasteiger partial charge in [-0.25, -0.2) is 13.1 Å². The Bertz CT molecular complexity index is 793. The number of nitrogens with zero attached hydrogens (tertiary/aromatic N) is 1. The van der Waals surface area contributed by atoms with Gasteiger partial charge in [-0.05, 0) is 23.6 Å². The normalized spacial score (nSPS) is 26.8. The molecule has 4 rings (SSSR count). The summed E-state index contributed by atoms with van der Waals surface area (Å²) in [6.45, 7) is 3.94. The lowest BCUT2D eigenvalue weighted by atomic mass is 9.93. The Morgan fingerprint density at radius 1 is 1.16 bits per heavy atom. The number of ether oxygens (including phenoxy) is 1. The summed E-state index contributed by atoms with van der Waals surface area (Å²) >= 11 is 1.78. The molecule has 2 aliphatic heterocycles. The van der Waals surface area contributed by atoms with Crippen molar-refractivity contribution in [1.82, 2.24) is 9.62 Å². The van der Waals surface area contributed by atoms with E-state index in [1.807, 2.05) is 6.07 Å². The van der Waals surface area contributed by atoms with Crippen molar-refractivity contribution in [2.24, 2.45) is 11.8 Å². The van der Waals surface area contributed by atoms with Gasteiger partial charge in [-0.2, -0.15) is 0 Å². The number of benzene rings is 1. The summed E-state index contributed by atoms with van der Waals surface area (Å²) in [4.78, 5) is 4.09. The molecule has 2 saturated heterocycles. The predicted molar refractivity (Wildman–Crippen MR) is 97.9 cm³/mol. The Hall–Kier alpha value is -1.25. The number of sulfonamides is 1. The third-order valence-electron chi connectivity index (χ3n) is 5.06. The Morgan fingerprint density at radius 2 is 2.00 bits per heavy atom. The van der Waals surface area contributed by atoms with E-state index in [0.29, 0.717) is 24.0 Å². The van der Waals surface area contributed by atoms with Gasteiger partial charge in [0.2, 0.25) is 10.0 Å². The van der Waals surface area contributed by atoms with Crippen LogP contribution < -0.4 is 4.72 Å². The molecule has 2 fully saturated rings. The van der Waals surface area contributed by atoms with E-state index < -0.39 is 10.0 Å². The van der Waals surface area contributed by atoms with Crippen molar-refractivity contribution in [2.45, 2.75) is 17.5 Å². The third-order valence-corrected chi connectivity index (χ3v) is 7.36. The summed E-state index contributed by atoms with van der Waals surface area (Å²) < 4.78 is 33.5. The van der Waals surface area contributed by atoms with Crippen molar-refractivity contribution in [1.29, 1.82) is 0 Å². The Morgan fingerprint density at radius 3 is 2.76 bits per heavy atom. The molecule has 0 aliphatic carbocycles. The van der Waals surface area contributed by atoms with Crippen LogP contribution >= 0.6 is 11.3 Å². The number of rotatable bonds is 6. The van der Waals surface area contributed by atoms with Gasteiger partial charge in [-0.3, -0.25) is 4.90 Å². The second-order valence-corrected chi connectivity index (χ2v) is 9.53. The molecule has 3 atom stereocenters. The van der Waals surface area contributed by atoms with Crippen molar-refractivity contribution in [3.8, 4) is 0 Å². The molecule has 25 heavy (non-hydrogen) atoms. The van der Waals surface area contributed by atoms with Crippen molar-refractivity contribution in [3.05, 3.63) is 52.7 Å². The summed E-state index contributed by atoms with van der Waals surface area (Å²) in [6, 6.07) is 12.8. The average molecular weight is 379 g/mol. The van der Waals surface area contributed by atoms with E-state index in [2.05, 4.69) is 27.1 Å². The monoisotopic (exact) mass is 378 g/mol. The number of nitrogens with one attached hydrogen (secondary N) is 1. The Kier molecular flexibility index (Phi) is 4.92. The molecule has 0 saturated carbocycles. The number of likely N-dealkylation sites (tertiary alicyclic amines) is 1. The second kappa shape index (κ2) is 7.17. The summed E-state index contributed by atoms with van der Waals surface area (Å²) in [6.07, 6.45) is 0.228. The van der Waals surface area contributed by atoms with E-state index in [4.69, 9.17) is 4.74 Å². The van der Waals surface area contributed by atoms with Gasteiger partial charge in [-0.15, -0.1) is 11.3 Å². The maximum absolute atomic E-state index is 12.4. The molecule has 5 nitrogen and oxygen atoms in total. The minimum Gasteiger partial charge on any atom is -0.376 e. The fraction of sp³-hybridized carbons (Fsp3) is 0.444. The number of hydrogen-bond donors (Lipinski definition) is 1. The van der Waals surface area contributed by atoms with Crippen LogP contribution in [0.25, 0.3) is 0 Å². The predicted octanol–water partition coefficient (Wildman–Crippen LogP) is 2.17. The van der Waals surface area contributed by atoms with Crippen molar-refractivity contribution < 1.29 is 13.2 Å². The molecular weight excluding hydrogens is 356 g/mol. The van der Waals surface area contributed by atoms with Gasteiger partial charge in [0, 0.05) is 42.9 Å². The largest absolute Gasteiger partial charge is 0.376 e. The molecule has 1 aromatic heterocycles. The summed E-state index contributed by atoms with van der Waals surface area (Å²) in [5.74, 6) is 0.634. The molecule has 2 aromatic rings. The fourth-order valence-electron chi connectivity index (χ4n) is 3.74. The molecule has 1 aromatic carbocycles. The van der Waals surface area contributed by atoms with Gasteiger partial charge in [-0.1, -0.05) is 24.3 Å². The first-order valence-corrected chi connectivity index (χ1v) is 10.9. The number of thiophene rings is 1. The van der Waals surface area contributed by atoms with E-state index in [0.717, 1.165) is 19.6 Å². The molecule has 2 aliphatic rings. The molecular formula is C18H22N2O3S2. The van der Waals surface area contributed by atoms with Crippen LogP contribution in [0.15, 0.2) is 52.7 Å². The lowest BCUT2D eigenvalue weighted by Gasteiger charge is -2.19. The average Bonchev–Trinajstić information content (AvgIpc) is 3.32. The van der Waals surface area contributed by atoms with Gasteiger partial charge >= 0.3 is 0 Å². The van der Waals surface area contributed by atoms with Crippen molar-refractivity contribution in [3.63, 3.8) is 0 Å². The zero-order chi connectivity index (χ0) is 17.3. The van der Waals surface area contributed by atoms with Crippen molar-refractivity contribution >= 4 is 21.4 Å². The van der Waals surface area contributed by atoms with Crippen LogP contribution in [0, 0.1) is 11.8 Å². The lowest BCUT2D eigenvalue weighted by molar-refractivity contribution is 0.0944.